The maximum Gasteiger partial charge on any atom is 0.188 e. The molecule has 0 aliphatic rings. The van der Waals surface area contributed by atoms with Gasteiger partial charge in [-0.3, -0.25) is 0 Å². The summed E-state index contributed by atoms with van der Waals surface area (Å²) in [5.41, 5.74) is 7.03. The van der Waals surface area contributed by atoms with Crippen LogP contribution in [0.15, 0.2) is 24.3 Å². The third kappa shape index (κ3) is 4.61. The molecule has 0 heterocycles. The fraction of sp³-hybridized carbons (Fsp3) is 0.500. The summed E-state index contributed by atoms with van der Waals surface area (Å²) >= 11 is 0. The Balaban J connectivity index is 2.44. The van der Waals surface area contributed by atoms with Gasteiger partial charge in [0.15, 0.2) is 6.79 Å². The predicted octanol–water partition coefficient (Wildman–Crippen LogP) is 1.19. The molecule has 1 rings (SSSR count). The van der Waals surface area contributed by atoms with E-state index in [0.717, 1.165) is 12.2 Å². The van der Waals surface area contributed by atoms with Crippen molar-refractivity contribution in [3.8, 4) is 5.75 Å². The molecule has 4 nitrogen and oxygen atoms in total. The molecule has 90 valence electrons. The molecule has 0 amide bonds. The van der Waals surface area contributed by atoms with E-state index in [1.54, 1.807) is 14.2 Å². The van der Waals surface area contributed by atoms with Crippen molar-refractivity contribution in [2.45, 2.75) is 12.5 Å². The average Bonchev–Trinajstić information content (AvgIpc) is 2.28. The van der Waals surface area contributed by atoms with Gasteiger partial charge in [-0.25, -0.2) is 0 Å². The highest BCUT2D eigenvalue weighted by molar-refractivity contribution is 5.27. The minimum absolute atomic E-state index is 0.0377. The molecule has 1 unspecified atom stereocenters. The summed E-state index contributed by atoms with van der Waals surface area (Å²) in [6.45, 7) is 0.838. The van der Waals surface area contributed by atoms with E-state index in [4.69, 9.17) is 19.9 Å². The van der Waals surface area contributed by atoms with E-state index in [1.165, 1.54) is 5.56 Å². The molecular weight excluding hydrogens is 206 g/mol. The van der Waals surface area contributed by atoms with Crippen LogP contribution in [0.25, 0.3) is 0 Å². The van der Waals surface area contributed by atoms with Crippen molar-refractivity contribution in [1.29, 1.82) is 0 Å². The summed E-state index contributed by atoms with van der Waals surface area (Å²) in [5, 5.41) is 0. The fourth-order valence-corrected chi connectivity index (χ4v) is 1.42. The van der Waals surface area contributed by atoms with Crippen LogP contribution < -0.4 is 10.5 Å². The summed E-state index contributed by atoms with van der Waals surface area (Å²) in [4.78, 5) is 0. The number of rotatable bonds is 7. The molecule has 0 saturated carbocycles. The molecule has 0 radical (unpaired) electrons. The van der Waals surface area contributed by atoms with Crippen molar-refractivity contribution in [3.63, 3.8) is 0 Å². The van der Waals surface area contributed by atoms with Crippen LogP contribution >= 0.6 is 0 Å². The zero-order valence-electron chi connectivity index (χ0n) is 9.81. The van der Waals surface area contributed by atoms with Gasteiger partial charge < -0.3 is 19.9 Å². The monoisotopic (exact) mass is 225 g/mol. The molecule has 0 bridgehead atoms. The molecule has 16 heavy (non-hydrogen) atoms. The van der Waals surface area contributed by atoms with Crippen molar-refractivity contribution in [2.24, 2.45) is 5.73 Å². The van der Waals surface area contributed by atoms with Crippen LogP contribution in [0.3, 0.4) is 0 Å². The largest absolute Gasteiger partial charge is 0.468 e. The van der Waals surface area contributed by atoms with E-state index < -0.39 is 0 Å². The quantitative estimate of drug-likeness (QED) is 0.708. The summed E-state index contributed by atoms with van der Waals surface area (Å²) in [6, 6.07) is 7.86. The highest BCUT2D eigenvalue weighted by Crippen LogP contribution is 2.13. The smallest absolute Gasteiger partial charge is 0.188 e. The van der Waals surface area contributed by atoms with Crippen LogP contribution in [0.1, 0.15) is 5.56 Å². The normalized spacial score (nSPS) is 12.4. The highest BCUT2D eigenvalue weighted by Gasteiger charge is 2.03. The minimum atomic E-state index is 0.0377. The van der Waals surface area contributed by atoms with E-state index in [1.807, 2.05) is 24.3 Å². The van der Waals surface area contributed by atoms with E-state index in [0.29, 0.717) is 6.61 Å². The topological polar surface area (TPSA) is 53.7 Å². The van der Waals surface area contributed by atoms with Gasteiger partial charge in [-0.2, -0.15) is 0 Å². The number of hydrogen-bond donors (Lipinski definition) is 1. The van der Waals surface area contributed by atoms with Crippen LogP contribution in [0.2, 0.25) is 0 Å². The zero-order chi connectivity index (χ0) is 11.8. The second-order valence-corrected chi connectivity index (χ2v) is 3.61. The van der Waals surface area contributed by atoms with Crippen LogP contribution in [0.4, 0.5) is 0 Å². The van der Waals surface area contributed by atoms with Gasteiger partial charge in [0.05, 0.1) is 6.61 Å². The Morgan fingerprint density at radius 1 is 1.12 bits per heavy atom. The van der Waals surface area contributed by atoms with Gasteiger partial charge in [-0.1, -0.05) is 12.1 Å². The molecule has 1 atom stereocenters. The molecule has 0 spiro atoms. The van der Waals surface area contributed by atoms with Crippen molar-refractivity contribution in [2.75, 3.05) is 27.6 Å². The van der Waals surface area contributed by atoms with E-state index in [-0.39, 0.29) is 12.8 Å². The van der Waals surface area contributed by atoms with Crippen LogP contribution in [-0.4, -0.2) is 33.7 Å². The summed E-state index contributed by atoms with van der Waals surface area (Å²) < 4.78 is 15.1. The molecule has 0 aromatic heterocycles. The Hall–Kier alpha value is -1.10. The zero-order valence-corrected chi connectivity index (χ0v) is 9.81. The molecule has 0 aliphatic heterocycles. The first kappa shape index (κ1) is 13.0. The van der Waals surface area contributed by atoms with Gasteiger partial charge in [0.25, 0.3) is 0 Å². The van der Waals surface area contributed by atoms with Gasteiger partial charge in [0.2, 0.25) is 0 Å². The maximum absolute atomic E-state index is 5.86. The summed E-state index contributed by atoms with van der Waals surface area (Å²) in [7, 11) is 3.25. The molecule has 4 heteroatoms. The fourth-order valence-electron chi connectivity index (χ4n) is 1.42. The standard InChI is InChI=1S/C12H19NO3/c1-14-8-11(13)7-10-3-5-12(6-4-10)16-9-15-2/h3-6,11H,7-9,13H2,1-2H3. The highest BCUT2D eigenvalue weighted by atomic mass is 16.7. The number of methoxy groups -OCH3 is 2. The van der Waals surface area contributed by atoms with Gasteiger partial charge in [-0.05, 0) is 24.1 Å². The third-order valence-electron chi connectivity index (χ3n) is 2.15. The van der Waals surface area contributed by atoms with Crippen molar-refractivity contribution in [1.82, 2.24) is 0 Å². The van der Waals surface area contributed by atoms with Gasteiger partial charge >= 0.3 is 0 Å². The molecule has 1 aromatic rings. The van der Waals surface area contributed by atoms with Crippen LogP contribution in [0, 0.1) is 0 Å². The van der Waals surface area contributed by atoms with Gasteiger partial charge in [0.1, 0.15) is 5.75 Å². The Bertz CT molecular complexity index is 287. The molecule has 2 N–H and O–H groups in total. The first-order valence-corrected chi connectivity index (χ1v) is 5.21. The number of benzene rings is 1. The lowest BCUT2D eigenvalue weighted by atomic mass is 10.1. The Morgan fingerprint density at radius 2 is 1.81 bits per heavy atom. The lowest BCUT2D eigenvalue weighted by Gasteiger charge is -2.11. The maximum atomic E-state index is 5.86. The van der Waals surface area contributed by atoms with E-state index in [9.17, 15) is 0 Å². The minimum Gasteiger partial charge on any atom is -0.468 e. The first-order chi connectivity index (χ1) is 7.76. The summed E-state index contributed by atoms with van der Waals surface area (Å²) in [5.74, 6) is 0.797. The number of nitrogens with two attached hydrogens (primary N) is 1. The second-order valence-electron chi connectivity index (χ2n) is 3.61. The molecule has 0 saturated heterocycles. The van der Waals surface area contributed by atoms with Crippen molar-refractivity contribution >= 4 is 0 Å². The third-order valence-corrected chi connectivity index (χ3v) is 2.15. The molecule has 0 fully saturated rings. The average molecular weight is 225 g/mol. The van der Waals surface area contributed by atoms with Gasteiger partial charge in [-0.15, -0.1) is 0 Å². The lowest BCUT2D eigenvalue weighted by molar-refractivity contribution is 0.0511. The Kier molecular flexibility index (Phi) is 5.85. The van der Waals surface area contributed by atoms with Crippen LogP contribution in [0.5, 0.6) is 5.75 Å². The van der Waals surface area contributed by atoms with E-state index >= 15 is 0 Å². The number of ether oxygens (including phenoxy) is 3. The van der Waals surface area contributed by atoms with Crippen molar-refractivity contribution in [3.05, 3.63) is 29.8 Å². The van der Waals surface area contributed by atoms with E-state index in [2.05, 4.69) is 0 Å². The Labute approximate surface area is 96.3 Å². The SMILES string of the molecule is COCOc1ccc(CC(N)COC)cc1. The van der Waals surface area contributed by atoms with Gasteiger partial charge in [0, 0.05) is 20.3 Å². The molecule has 1 aromatic carbocycles. The molecule has 0 aliphatic carbocycles. The first-order valence-electron chi connectivity index (χ1n) is 5.21. The summed E-state index contributed by atoms with van der Waals surface area (Å²) in [6.07, 6.45) is 0.804. The second kappa shape index (κ2) is 7.22. The Morgan fingerprint density at radius 3 is 2.38 bits per heavy atom. The van der Waals surface area contributed by atoms with Crippen LogP contribution in [-0.2, 0) is 15.9 Å². The lowest BCUT2D eigenvalue weighted by Crippen LogP contribution is -2.27. The van der Waals surface area contributed by atoms with Crippen molar-refractivity contribution < 1.29 is 14.2 Å². The number of hydrogen-bond acceptors (Lipinski definition) is 4. The predicted molar refractivity (Wildman–Crippen MR) is 62.5 cm³/mol. The molecular formula is C12H19NO3.